The Hall–Kier alpha value is -1.29. The second kappa shape index (κ2) is 6.24. The molecular weight excluding hydrogens is 286 g/mol. The molecule has 0 heterocycles. The van der Waals surface area contributed by atoms with Gasteiger partial charge in [-0.2, -0.15) is 9.57 Å². The number of halogens is 1. The summed E-state index contributed by atoms with van der Waals surface area (Å²) >= 11 is 6.00. The van der Waals surface area contributed by atoms with Crippen LogP contribution in [0.5, 0.6) is 0 Å². The van der Waals surface area contributed by atoms with Crippen molar-refractivity contribution < 1.29 is 8.42 Å². The average molecular weight is 302 g/mol. The molecule has 0 aromatic heterocycles. The van der Waals surface area contributed by atoms with E-state index in [9.17, 15) is 8.42 Å². The van der Waals surface area contributed by atoms with Gasteiger partial charge in [0.1, 0.15) is 0 Å². The number of anilines is 1. The molecule has 1 atom stereocenters. The number of nitrogen functional groups attached to an aromatic ring is 1. The maximum absolute atomic E-state index is 12.1. The average Bonchev–Trinajstić information content (AvgIpc) is 2.35. The molecule has 0 aliphatic carbocycles. The minimum Gasteiger partial charge on any atom is -0.399 e. The lowest BCUT2D eigenvalue weighted by atomic mass is 10.2. The molecule has 0 aliphatic rings. The first-order valence-corrected chi connectivity index (χ1v) is 7.59. The van der Waals surface area contributed by atoms with Gasteiger partial charge in [-0.15, -0.1) is 0 Å². The monoisotopic (exact) mass is 301 g/mol. The molecule has 7 heteroatoms. The summed E-state index contributed by atoms with van der Waals surface area (Å²) in [5.74, 6) is 0. The number of rotatable bonds is 5. The van der Waals surface area contributed by atoms with Gasteiger partial charge in [0.25, 0.3) is 0 Å². The van der Waals surface area contributed by atoms with Crippen molar-refractivity contribution in [1.82, 2.24) is 4.31 Å². The molecule has 0 spiro atoms. The fourth-order valence-electron chi connectivity index (χ4n) is 1.63. The molecule has 0 amide bonds. The highest BCUT2D eigenvalue weighted by molar-refractivity contribution is 7.89. The molecule has 19 heavy (non-hydrogen) atoms. The Morgan fingerprint density at radius 3 is 2.68 bits per heavy atom. The van der Waals surface area contributed by atoms with E-state index in [2.05, 4.69) is 0 Å². The Labute approximate surface area is 118 Å². The van der Waals surface area contributed by atoms with E-state index in [1.54, 1.807) is 31.2 Å². The minimum atomic E-state index is -3.66. The molecule has 1 rings (SSSR count). The first-order chi connectivity index (χ1) is 8.82. The Kier molecular flexibility index (Phi) is 5.18. The lowest BCUT2D eigenvalue weighted by molar-refractivity contribution is 0.460. The third-order valence-corrected chi connectivity index (χ3v) is 5.30. The molecule has 1 unspecified atom stereocenters. The van der Waals surface area contributed by atoms with Crippen molar-refractivity contribution in [1.29, 1.82) is 5.26 Å². The van der Waals surface area contributed by atoms with Crippen LogP contribution in [0.1, 0.15) is 18.9 Å². The largest absolute Gasteiger partial charge is 0.399 e. The van der Waals surface area contributed by atoms with E-state index in [1.807, 2.05) is 0 Å². The Morgan fingerprint density at radius 2 is 2.16 bits per heavy atom. The smallest absolute Gasteiger partial charge is 0.230 e. The van der Waals surface area contributed by atoms with Gasteiger partial charge >= 0.3 is 0 Å². The summed E-state index contributed by atoms with van der Waals surface area (Å²) in [6.45, 7) is 1.75. The van der Waals surface area contributed by atoms with Gasteiger partial charge in [0.15, 0.2) is 5.25 Å². The van der Waals surface area contributed by atoms with Gasteiger partial charge in [0.05, 0.1) is 6.07 Å². The van der Waals surface area contributed by atoms with Crippen LogP contribution in [0.4, 0.5) is 5.69 Å². The number of sulfonamides is 1. The van der Waals surface area contributed by atoms with Crippen molar-refractivity contribution in [2.24, 2.45) is 0 Å². The van der Waals surface area contributed by atoms with Crippen molar-refractivity contribution >= 4 is 27.3 Å². The van der Waals surface area contributed by atoms with Gasteiger partial charge in [0.2, 0.25) is 10.0 Å². The van der Waals surface area contributed by atoms with Crippen LogP contribution in [-0.2, 0) is 16.6 Å². The summed E-state index contributed by atoms with van der Waals surface area (Å²) in [5, 5.41) is 8.27. The topological polar surface area (TPSA) is 87.2 Å². The van der Waals surface area contributed by atoms with Crippen LogP contribution in [0.15, 0.2) is 18.2 Å². The number of nitriles is 1. The molecule has 5 nitrogen and oxygen atoms in total. The Balaban J connectivity index is 3.00. The van der Waals surface area contributed by atoms with E-state index < -0.39 is 15.3 Å². The van der Waals surface area contributed by atoms with Gasteiger partial charge in [-0.3, -0.25) is 0 Å². The molecule has 1 aromatic rings. The molecule has 0 saturated heterocycles. The summed E-state index contributed by atoms with van der Waals surface area (Å²) < 4.78 is 25.4. The highest BCUT2D eigenvalue weighted by Gasteiger charge is 2.28. The second-order valence-electron chi connectivity index (χ2n) is 4.18. The SMILES string of the molecule is CCC(C#N)S(=O)(=O)N(C)Cc1cc(N)ccc1Cl. The highest BCUT2D eigenvalue weighted by atomic mass is 35.5. The quantitative estimate of drug-likeness (QED) is 0.842. The Morgan fingerprint density at radius 1 is 1.53 bits per heavy atom. The first kappa shape index (κ1) is 15.8. The van der Waals surface area contributed by atoms with Crippen molar-refractivity contribution in [3.8, 4) is 6.07 Å². The van der Waals surface area contributed by atoms with Crippen molar-refractivity contribution in [3.05, 3.63) is 28.8 Å². The fourth-order valence-corrected chi connectivity index (χ4v) is 3.12. The first-order valence-electron chi connectivity index (χ1n) is 5.71. The zero-order valence-corrected chi connectivity index (χ0v) is 12.4. The lowest BCUT2D eigenvalue weighted by Gasteiger charge is -2.20. The normalized spacial score (nSPS) is 13.2. The summed E-state index contributed by atoms with van der Waals surface area (Å²) in [4.78, 5) is 0. The second-order valence-corrected chi connectivity index (χ2v) is 6.81. The predicted molar refractivity (Wildman–Crippen MR) is 75.9 cm³/mol. The molecular formula is C12H16ClN3O2S. The fraction of sp³-hybridized carbons (Fsp3) is 0.417. The number of nitrogens with two attached hydrogens (primary N) is 1. The summed E-state index contributed by atoms with van der Waals surface area (Å²) in [6.07, 6.45) is 0.244. The van der Waals surface area contributed by atoms with Crippen LogP contribution >= 0.6 is 11.6 Å². The van der Waals surface area contributed by atoms with E-state index in [-0.39, 0.29) is 13.0 Å². The van der Waals surface area contributed by atoms with Crippen LogP contribution in [0.25, 0.3) is 0 Å². The minimum absolute atomic E-state index is 0.0877. The summed E-state index contributed by atoms with van der Waals surface area (Å²) in [5.41, 5.74) is 6.77. The van der Waals surface area contributed by atoms with Crippen molar-refractivity contribution in [2.45, 2.75) is 25.1 Å². The van der Waals surface area contributed by atoms with E-state index in [4.69, 9.17) is 22.6 Å². The molecule has 0 saturated carbocycles. The third kappa shape index (κ3) is 3.60. The van der Waals surface area contributed by atoms with Gasteiger partial charge in [-0.05, 0) is 30.2 Å². The Bertz CT molecular complexity index is 595. The molecule has 1 aromatic carbocycles. The van der Waals surface area contributed by atoms with Crippen LogP contribution in [0.2, 0.25) is 5.02 Å². The highest BCUT2D eigenvalue weighted by Crippen LogP contribution is 2.22. The van der Waals surface area contributed by atoms with E-state index in [0.29, 0.717) is 16.3 Å². The van der Waals surface area contributed by atoms with Crippen LogP contribution < -0.4 is 5.73 Å². The number of benzene rings is 1. The third-order valence-electron chi connectivity index (χ3n) is 2.77. The maximum Gasteiger partial charge on any atom is 0.230 e. The summed E-state index contributed by atoms with van der Waals surface area (Å²) in [6, 6.07) is 6.69. The van der Waals surface area contributed by atoms with E-state index >= 15 is 0 Å². The molecule has 0 radical (unpaired) electrons. The zero-order chi connectivity index (χ0) is 14.6. The number of nitrogens with zero attached hydrogens (tertiary/aromatic N) is 2. The molecule has 0 fully saturated rings. The molecule has 0 aliphatic heterocycles. The predicted octanol–water partition coefficient (Wildman–Crippen LogP) is 1.99. The molecule has 2 N–H and O–H groups in total. The van der Waals surface area contributed by atoms with Gasteiger partial charge < -0.3 is 5.73 Å². The van der Waals surface area contributed by atoms with Gasteiger partial charge in [0, 0.05) is 24.3 Å². The summed E-state index contributed by atoms with van der Waals surface area (Å²) in [7, 11) is -2.23. The lowest BCUT2D eigenvalue weighted by Crippen LogP contribution is -2.34. The standard InChI is InChI=1S/C12H16ClN3O2S/c1-3-11(7-14)19(17,18)16(2)8-9-6-10(15)4-5-12(9)13/h4-6,11H,3,8,15H2,1-2H3. The molecule has 0 bridgehead atoms. The van der Waals surface area contributed by atoms with E-state index in [0.717, 1.165) is 4.31 Å². The van der Waals surface area contributed by atoms with Gasteiger partial charge in [-0.25, -0.2) is 8.42 Å². The van der Waals surface area contributed by atoms with Crippen LogP contribution in [0, 0.1) is 11.3 Å². The van der Waals surface area contributed by atoms with Crippen molar-refractivity contribution in [3.63, 3.8) is 0 Å². The van der Waals surface area contributed by atoms with Crippen molar-refractivity contribution in [2.75, 3.05) is 12.8 Å². The van der Waals surface area contributed by atoms with Crippen LogP contribution in [-0.4, -0.2) is 25.0 Å². The van der Waals surface area contributed by atoms with Gasteiger partial charge in [-0.1, -0.05) is 18.5 Å². The van der Waals surface area contributed by atoms with Crippen LogP contribution in [0.3, 0.4) is 0 Å². The zero-order valence-electron chi connectivity index (χ0n) is 10.8. The number of hydrogen-bond donors (Lipinski definition) is 1. The molecule has 104 valence electrons. The number of hydrogen-bond acceptors (Lipinski definition) is 4. The van der Waals surface area contributed by atoms with E-state index in [1.165, 1.54) is 7.05 Å². The maximum atomic E-state index is 12.1.